The zero-order valence-electron chi connectivity index (χ0n) is 14.7. The molecule has 0 radical (unpaired) electrons. The van der Waals surface area contributed by atoms with Crippen LogP contribution < -0.4 is 10.1 Å². The first-order valence-electron chi connectivity index (χ1n) is 8.51. The molecule has 4 aromatic rings. The number of aromatic nitrogens is 4. The number of nitrogens with one attached hydrogen (secondary N) is 2. The zero-order valence-corrected chi connectivity index (χ0v) is 14.7. The van der Waals surface area contributed by atoms with Gasteiger partial charge in [-0.05, 0) is 35.4 Å². The minimum atomic E-state index is -0.399. The van der Waals surface area contributed by atoms with Crippen LogP contribution in [0.25, 0.3) is 11.0 Å². The van der Waals surface area contributed by atoms with Gasteiger partial charge in [0.05, 0.1) is 13.3 Å². The van der Waals surface area contributed by atoms with E-state index in [1.165, 1.54) is 18.7 Å². The second-order valence-electron chi connectivity index (χ2n) is 6.12. The minimum absolute atomic E-state index is 0.369. The molecule has 0 unspecified atom stereocenters. The van der Waals surface area contributed by atoms with Crippen molar-refractivity contribution in [2.75, 3.05) is 12.4 Å². The lowest BCUT2D eigenvalue weighted by Crippen LogP contribution is -2.05. The third-order valence-corrected chi connectivity index (χ3v) is 4.30. The highest BCUT2D eigenvalue weighted by atomic mass is 19.1. The third-order valence-electron chi connectivity index (χ3n) is 4.30. The highest BCUT2D eigenvalue weighted by Gasteiger charge is 2.08. The van der Waals surface area contributed by atoms with Gasteiger partial charge < -0.3 is 15.0 Å². The van der Waals surface area contributed by atoms with Crippen LogP contribution in [-0.2, 0) is 13.0 Å². The van der Waals surface area contributed by atoms with Crippen molar-refractivity contribution in [1.29, 1.82) is 0 Å². The van der Waals surface area contributed by atoms with Crippen LogP contribution in [0.15, 0.2) is 55.1 Å². The van der Waals surface area contributed by atoms with Crippen LogP contribution in [0.3, 0.4) is 0 Å². The molecule has 0 saturated carbocycles. The Morgan fingerprint density at radius 3 is 2.85 bits per heavy atom. The second-order valence-corrected chi connectivity index (χ2v) is 6.12. The fourth-order valence-electron chi connectivity index (χ4n) is 2.98. The van der Waals surface area contributed by atoms with Crippen molar-refractivity contribution >= 4 is 16.9 Å². The molecule has 0 aliphatic carbocycles. The number of fused-ring (bicyclic) bond motifs is 1. The summed E-state index contributed by atoms with van der Waals surface area (Å²) < 4.78 is 18.5. The summed E-state index contributed by atoms with van der Waals surface area (Å²) in [5, 5.41) is 4.28. The quantitative estimate of drug-likeness (QED) is 0.546. The van der Waals surface area contributed by atoms with Crippen LogP contribution in [0.2, 0.25) is 0 Å². The maximum atomic E-state index is 13.4. The van der Waals surface area contributed by atoms with E-state index >= 15 is 0 Å². The maximum Gasteiger partial charge on any atom is 0.218 e. The fraction of sp³-hybridized carbons (Fsp3) is 0.150. The van der Waals surface area contributed by atoms with Gasteiger partial charge in [-0.25, -0.2) is 19.3 Å². The summed E-state index contributed by atoms with van der Waals surface area (Å²) in [6, 6.07) is 9.31. The standard InChI is InChI=1S/C20H18FN5O/c1-27-20-15(8-16(21)12-26-20)11-24-18-5-4-13(9-23-18)7-14-10-25-19-17(14)3-2-6-22-19/h2-6,8-10,12H,7,11H2,1H3,(H,22,25)(H,23,24). The van der Waals surface area contributed by atoms with E-state index in [1.54, 1.807) is 6.20 Å². The number of aromatic amines is 1. The summed E-state index contributed by atoms with van der Waals surface area (Å²) in [7, 11) is 1.51. The molecule has 4 rings (SSSR count). The first kappa shape index (κ1) is 17.0. The molecule has 6 nitrogen and oxygen atoms in total. The minimum Gasteiger partial charge on any atom is -0.481 e. The Morgan fingerprint density at radius 2 is 2.04 bits per heavy atom. The Bertz CT molecular complexity index is 1060. The summed E-state index contributed by atoms with van der Waals surface area (Å²) in [5.74, 6) is 0.697. The molecule has 0 aliphatic heterocycles. The van der Waals surface area contributed by atoms with Crippen molar-refractivity contribution in [3.05, 3.63) is 77.6 Å². The molecule has 0 aromatic carbocycles. The number of pyridine rings is 3. The molecule has 0 spiro atoms. The van der Waals surface area contributed by atoms with E-state index in [9.17, 15) is 4.39 Å². The Balaban J connectivity index is 1.44. The largest absolute Gasteiger partial charge is 0.481 e. The molecule has 27 heavy (non-hydrogen) atoms. The molecule has 2 N–H and O–H groups in total. The molecular formula is C20H18FN5O. The lowest BCUT2D eigenvalue weighted by molar-refractivity contribution is 0.391. The normalized spacial score (nSPS) is 10.9. The van der Waals surface area contributed by atoms with E-state index in [2.05, 4.69) is 31.3 Å². The van der Waals surface area contributed by atoms with Gasteiger partial charge in [0.1, 0.15) is 17.3 Å². The Hall–Kier alpha value is -3.48. The molecule has 7 heteroatoms. The molecule has 4 heterocycles. The van der Waals surface area contributed by atoms with E-state index in [1.807, 2.05) is 30.6 Å². The average molecular weight is 363 g/mol. The predicted octanol–water partition coefficient (Wildman–Crippen LogP) is 3.70. The van der Waals surface area contributed by atoms with Crippen LogP contribution in [-0.4, -0.2) is 27.0 Å². The molecule has 0 bridgehead atoms. The van der Waals surface area contributed by atoms with Gasteiger partial charge in [-0.15, -0.1) is 0 Å². The van der Waals surface area contributed by atoms with Crippen molar-refractivity contribution in [1.82, 2.24) is 19.9 Å². The van der Waals surface area contributed by atoms with Gasteiger partial charge in [-0.2, -0.15) is 0 Å². The Kier molecular flexibility index (Phi) is 4.65. The summed E-state index contributed by atoms with van der Waals surface area (Å²) in [6.07, 6.45) is 7.48. The number of anilines is 1. The number of hydrogen-bond donors (Lipinski definition) is 2. The van der Waals surface area contributed by atoms with Crippen molar-refractivity contribution in [2.45, 2.75) is 13.0 Å². The SMILES string of the molecule is COc1ncc(F)cc1CNc1ccc(Cc2c[nH]c3ncccc23)cn1. The molecule has 0 aliphatic rings. The Labute approximate surface area is 155 Å². The topological polar surface area (TPSA) is 75.7 Å². The number of rotatable bonds is 6. The molecule has 0 saturated heterocycles. The monoisotopic (exact) mass is 363 g/mol. The van der Waals surface area contributed by atoms with Gasteiger partial charge in [0, 0.05) is 42.5 Å². The lowest BCUT2D eigenvalue weighted by atomic mass is 10.1. The number of H-pyrrole nitrogens is 1. The van der Waals surface area contributed by atoms with Crippen LogP contribution >= 0.6 is 0 Å². The summed E-state index contributed by atoms with van der Waals surface area (Å²) >= 11 is 0. The van der Waals surface area contributed by atoms with Gasteiger partial charge in [0.2, 0.25) is 5.88 Å². The molecular weight excluding hydrogens is 345 g/mol. The van der Waals surface area contributed by atoms with E-state index in [0.29, 0.717) is 23.8 Å². The van der Waals surface area contributed by atoms with Crippen LogP contribution in [0, 0.1) is 5.82 Å². The van der Waals surface area contributed by atoms with E-state index in [-0.39, 0.29) is 0 Å². The smallest absolute Gasteiger partial charge is 0.218 e. The molecule has 4 aromatic heterocycles. The molecule has 136 valence electrons. The lowest BCUT2D eigenvalue weighted by Gasteiger charge is -2.09. The van der Waals surface area contributed by atoms with Gasteiger partial charge in [-0.3, -0.25) is 0 Å². The summed E-state index contributed by atoms with van der Waals surface area (Å²) in [4.78, 5) is 15.9. The van der Waals surface area contributed by atoms with Crippen LogP contribution in [0.4, 0.5) is 10.2 Å². The summed E-state index contributed by atoms with van der Waals surface area (Å²) in [5.41, 5.74) is 3.79. The highest BCUT2D eigenvalue weighted by molar-refractivity contribution is 5.79. The van der Waals surface area contributed by atoms with Crippen molar-refractivity contribution in [2.24, 2.45) is 0 Å². The first-order valence-corrected chi connectivity index (χ1v) is 8.51. The number of methoxy groups -OCH3 is 1. The third kappa shape index (κ3) is 3.72. The van der Waals surface area contributed by atoms with Crippen LogP contribution in [0.1, 0.15) is 16.7 Å². The fourth-order valence-corrected chi connectivity index (χ4v) is 2.98. The number of halogens is 1. The van der Waals surface area contributed by atoms with Crippen LogP contribution in [0.5, 0.6) is 5.88 Å². The molecule has 0 amide bonds. The summed E-state index contributed by atoms with van der Waals surface area (Å²) in [6.45, 7) is 0.369. The second kappa shape index (κ2) is 7.41. The van der Waals surface area contributed by atoms with Gasteiger partial charge in [0.25, 0.3) is 0 Å². The predicted molar refractivity (Wildman–Crippen MR) is 101 cm³/mol. The van der Waals surface area contributed by atoms with Crippen molar-refractivity contribution in [3.63, 3.8) is 0 Å². The Morgan fingerprint density at radius 1 is 1.11 bits per heavy atom. The van der Waals surface area contributed by atoms with Crippen molar-refractivity contribution in [3.8, 4) is 5.88 Å². The first-order chi connectivity index (χ1) is 13.2. The molecule has 0 fully saturated rings. The van der Waals surface area contributed by atoms with E-state index in [0.717, 1.165) is 29.2 Å². The maximum absolute atomic E-state index is 13.4. The number of nitrogens with zero attached hydrogens (tertiary/aromatic N) is 3. The van der Waals surface area contributed by atoms with E-state index in [4.69, 9.17) is 4.74 Å². The molecule has 0 atom stereocenters. The zero-order chi connectivity index (χ0) is 18.6. The van der Waals surface area contributed by atoms with Gasteiger partial charge in [0.15, 0.2) is 0 Å². The van der Waals surface area contributed by atoms with Gasteiger partial charge in [-0.1, -0.05) is 6.07 Å². The van der Waals surface area contributed by atoms with E-state index < -0.39 is 5.82 Å². The highest BCUT2D eigenvalue weighted by Crippen LogP contribution is 2.20. The number of ether oxygens (including phenoxy) is 1. The average Bonchev–Trinajstić information content (AvgIpc) is 3.10. The van der Waals surface area contributed by atoms with Crippen molar-refractivity contribution < 1.29 is 9.13 Å². The van der Waals surface area contributed by atoms with Gasteiger partial charge >= 0.3 is 0 Å². The number of hydrogen-bond acceptors (Lipinski definition) is 5.